The molecule has 19 heavy (non-hydrogen) atoms. The summed E-state index contributed by atoms with van der Waals surface area (Å²) in [6.45, 7) is 6.44. The number of rotatable bonds is 3. The summed E-state index contributed by atoms with van der Waals surface area (Å²) in [5, 5.41) is 0. The summed E-state index contributed by atoms with van der Waals surface area (Å²) in [7, 11) is -15.1. The third kappa shape index (κ3) is 5.82. The minimum atomic E-state index is -4.66. The Bertz CT molecular complexity index is 300. The van der Waals surface area contributed by atoms with Crippen LogP contribution in [0.15, 0.2) is 0 Å². The molecule has 1 heterocycles. The van der Waals surface area contributed by atoms with Crippen molar-refractivity contribution in [3.8, 4) is 0 Å². The second-order valence-corrected chi connectivity index (χ2v) is 16.0. The van der Waals surface area contributed by atoms with Gasteiger partial charge in [0.15, 0.2) is 0 Å². The van der Waals surface area contributed by atoms with Crippen molar-refractivity contribution < 1.29 is 35.6 Å². The van der Waals surface area contributed by atoms with Crippen LogP contribution >= 0.6 is 0 Å². The van der Waals surface area contributed by atoms with Gasteiger partial charge < -0.3 is 35.6 Å². The molecule has 114 valence electrons. The monoisotopic (exact) mass is 346 g/mol. The summed E-state index contributed by atoms with van der Waals surface area (Å²) in [5.74, 6) is 0. The summed E-state index contributed by atoms with van der Waals surface area (Å²) in [5.41, 5.74) is 0. The normalized spacial score (nSPS) is 38.5. The van der Waals surface area contributed by atoms with Crippen molar-refractivity contribution in [2.24, 2.45) is 0 Å². The Morgan fingerprint density at radius 1 is 0.842 bits per heavy atom. The molecule has 0 aliphatic carbocycles. The van der Waals surface area contributed by atoms with Crippen LogP contribution in [0.5, 0.6) is 0 Å². The highest BCUT2D eigenvalue weighted by Crippen LogP contribution is 2.29. The molecule has 1 rings (SSSR count). The Hall–Kier alpha value is 0.548. The van der Waals surface area contributed by atoms with Gasteiger partial charge in [-0.25, -0.2) is 0 Å². The van der Waals surface area contributed by atoms with E-state index >= 15 is 0 Å². The lowest BCUT2D eigenvalue weighted by Crippen LogP contribution is -2.69. The molecule has 12 heteroatoms. The summed E-state index contributed by atoms with van der Waals surface area (Å²) >= 11 is 0. The van der Waals surface area contributed by atoms with Gasteiger partial charge in [0.2, 0.25) is 0 Å². The molecule has 0 aromatic rings. The van der Waals surface area contributed by atoms with Crippen LogP contribution in [0.3, 0.4) is 0 Å². The molecular formula is C7H22O8Si4. The molecule has 0 spiro atoms. The Kier molecular flexibility index (Phi) is 5.32. The van der Waals surface area contributed by atoms with Gasteiger partial charge in [-0.3, -0.25) is 0 Å². The first-order chi connectivity index (χ1) is 8.39. The van der Waals surface area contributed by atoms with Crippen molar-refractivity contribution in [2.75, 3.05) is 0 Å². The van der Waals surface area contributed by atoms with Crippen molar-refractivity contribution in [3.05, 3.63) is 0 Å². The SMILES string of the molecule is CCCC[Si]1(O)O[Si](C)(C)O[Si](C)(O)O[Si](O)(O)O1. The minimum Gasteiger partial charge on any atom is -0.394 e. The van der Waals surface area contributed by atoms with Crippen molar-refractivity contribution in [1.29, 1.82) is 0 Å². The minimum absolute atomic E-state index is 0.187. The third-order valence-electron chi connectivity index (χ3n) is 2.30. The zero-order chi connectivity index (χ0) is 14.9. The smallest absolute Gasteiger partial charge is 0.394 e. The Morgan fingerprint density at radius 3 is 1.95 bits per heavy atom. The van der Waals surface area contributed by atoms with Gasteiger partial charge in [0.25, 0.3) is 0 Å². The third-order valence-corrected chi connectivity index (χ3v) is 14.9. The molecule has 0 radical (unpaired) electrons. The predicted molar refractivity (Wildman–Crippen MR) is 73.5 cm³/mol. The first-order valence-corrected chi connectivity index (χ1v) is 14.9. The molecule has 2 atom stereocenters. The maximum Gasteiger partial charge on any atom is 0.659 e. The second-order valence-electron chi connectivity index (χ2n) is 5.07. The van der Waals surface area contributed by atoms with Crippen molar-refractivity contribution in [2.45, 2.75) is 45.5 Å². The van der Waals surface area contributed by atoms with E-state index in [4.69, 9.17) is 16.5 Å². The number of hydrogen-bond donors (Lipinski definition) is 4. The van der Waals surface area contributed by atoms with E-state index < -0.39 is 35.2 Å². The fourth-order valence-electron chi connectivity index (χ4n) is 1.88. The lowest BCUT2D eigenvalue weighted by molar-refractivity contribution is 0.0467. The van der Waals surface area contributed by atoms with Crippen molar-refractivity contribution in [3.63, 3.8) is 0 Å². The molecule has 1 aliphatic heterocycles. The Labute approximate surface area is 117 Å². The molecule has 0 aromatic carbocycles. The first-order valence-electron chi connectivity index (χ1n) is 6.09. The average molecular weight is 347 g/mol. The van der Waals surface area contributed by atoms with Gasteiger partial charge >= 0.3 is 35.2 Å². The highest BCUT2D eigenvalue weighted by molar-refractivity contribution is 6.87. The quantitative estimate of drug-likeness (QED) is 0.504. The van der Waals surface area contributed by atoms with Crippen LogP contribution < -0.4 is 0 Å². The lowest BCUT2D eigenvalue weighted by Gasteiger charge is -2.41. The van der Waals surface area contributed by atoms with Gasteiger partial charge in [0.1, 0.15) is 0 Å². The largest absolute Gasteiger partial charge is 0.659 e. The van der Waals surface area contributed by atoms with Crippen molar-refractivity contribution in [1.82, 2.24) is 0 Å². The average Bonchev–Trinajstić information content (AvgIpc) is 2.06. The van der Waals surface area contributed by atoms with Gasteiger partial charge in [-0.05, 0) is 19.5 Å². The van der Waals surface area contributed by atoms with Crippen molar-refractivity contribution >= 4 is 35.2 Å². The Morgan fingerprint density at radius 2 is 1.42 bits per heavy atom. The maximum atomic E-state index is 10.4. The standard InChI is InChI=1S/C7H22O8Si4/c1-5-6-7-18(9)13-16(2,3)12-17(4,8)14-19(10,11)15-18/h8-11H,5-7H2,1-4H3. The van der Waals surface area contributed by atoms with Crippen LogP contribution in [0.2, 0.25) is 25.7 Å². The first kappa shape index (κ1) is 17.6. The molecule has 0 bridgehead atoms. The van der Waals surface area contributed by atoms with E-state index in [0.717, 1.165) is 6.42 Å². The van der Waals surface area contributed by atoms with E-state index in [1.165, 1.54) is 6.55 Å². The molecule has 1 saturated heterocycles. The molecule has 0 aromatic heterocycles. The fourth-order valence-corrected chi connectivity index (χ4v) is 16.0. The zero-order valence-electron chi connectivity index (χ0n) is 11.5. The predicted octanol–water partition coefficient (Wildman–Crippen LogP) is -0.519. The summed E-state index contributed by atoms with van der Waals surface area (Å²) in [6.07, 6.45) is 1.41. The van der Waals surface area contributed by atoms with Gasteiger partial charge in [0.05, 0.1) is 0 Å². The van der Waals surface area contributed by atoms with E-state index in [2.05, 4.69) is 0 Å². The summed E-state index contributed by atoms with van der Waals surface area (Å²) in [4.78, 5) is 39.6. The fraction of sp³-hybridized carbons (Fsp3) is 1.00. The van der Waals surface area contributed by atoms with Crippen LogP contribution in [0.1, 0.15) is 19.8 Å². The topological polar surface area (TPSA) is 118 Å². The van der Waals surface area contributed by atoms with Crippen LogP contribution in [0.25, 0.3) is 0 Å². The van der Waals surface area contributed by atoms with E-state index in [9.17, 15) is 19.2 Å². The van der Waals surface area contributed by atoms with E-state index in [1.54, 1.807) is 13.1 Å². The van der Waals surface area contributed by atoms with Gasteiger partial charge in [0, 0.05) is 12.6 Å². The molecule has 0 amide bonds. The molecule has 1 fully saturated rings. The molecule has 4 N–H and O–H groups in total. The molecular weight excluding hydrogens is 324 g/mol. The number of unbranched alkanes of at least 4 members (excludes halogenated alkanes) is 1. The lowest BCUT2D eigenvalue weighted by atomic mass is 10.4. The maximum absolute atomic E-state index is 10.4. The Balaban J connectivity index is 2.97. The van der Waals surface area contributed by atoms with Gasteiger partial charge in [-0.2, -0.15) is 0 Å². The van der Waals surface area contributed by atoms with E-state index in [-0.39, 0.29) is 6.04 Å². The van der Waals surface area contributed by atoms with Crippen LogP contribution in [0.4, 0.5) is 0 Å². The highest BCUT2D eigenvalue weighted by atomic mass is 28.6. The van der Waals surface area contributed by atoms with E-state index in [1.807, 2.05) is 6.92 Å². The molecule has 1 aliphatic rings. The molecule has 0 saturated carbocycles. The highest BCUT2D eigenvalue weighted by Gasteiger charge is 2.60. The second kappa shape index (κ2) is 5.74. The van der Waals surface area contributed by atoms with Gasteiger partial charge in [-0.1, -0.05) is 13.3 Å². The summed E-state index contributed by atoms with van der Waals surface area (Å²) < 4.78 is 20.7. The molecule has 8 nitrogen and oxygen atoms in total. The van der Waals surface area contributed by atoms with Crippen LogP contribution in [0, 0.1) is 0 Å². The van der Waals surface area contributed by atoms with Crippen LogP contribution in [-0.4, -0.2) is 54.4 Å². The number of hydrogen-bond acceptors (Lipinski definition) is 8. The summed E-state index contributed by atoms with van der Waals surface area (Å²) in [6, 6.07) is 0.187. The van der Waals surface area contributed by atoms with Gasteiger partial charge in [-0.15, -0.1) is 0 Å². The molecule has 2 unspecified atom stereocenters. The van der Waals surface area contributed by atoms with E-state index in [0.29, 0.717) is 6.42 Å². The zero-order valence-corrected chi connectivity index (χ0v) is 15.5. The van der Waals surface area contributed by atoms with Crippen LogP contribution in [-0.2, 0) is 16.5 Å².